The van der Waals surface area contributed by atoms with E-state index in [9.17, 15) is 4.79 Å². The van der Waals surface area contributed by atoms with Gasteiger partial charge in [-0.1, -0.05) is 0 Å². The molecule has 0 bridgehead atoms. The standard InChI is InChI=1S/C9H16N2O2/c1-10-4-2-7-3-5-11(9(12)13)6-8(7)10/h7-8H,2-6H2,1H3,(H,12,13)/t7-,8+/m0/s1. The highest BCUT2D eigenvalue weighted by atomic mass is 16.4. The van der Waals surface area contributed by atoms with E-state index in [1.54, 1.807) is 4.90 Å². The summed E-state index contributed by atoms with van der Waals surface area (Å²) >= 11 is 0. The highest BCUT2D eigenvalue weighted by Crippen LogP contribution is 2.30. The SMILES string of the molecule is CN1CC[C@H]2CCN(C(=O)O)C[C@H]21. The van der Waals surface area contributed by atoms with E-state index in [-0.39, 0.29) is 0 Å². The van der Waals surface area contributed by atoms with E-state index in [0.29, 0.717) is 12.6 Å². The highest BCUT2D eigenvalue weighted by molar-refractivity contribution is 5.65. The van der Waals surface area contributed by atoms with Gasteiger partial charge in [-0.3, -0.25) is 0 Å². The first kappa shape index (κ1) is 8.81. The molecule has 0 aromatic heterocycles. The molecule has 2 fully saturated rings. The Hall–Kier alpha value is -0.770. The minimum atomic E-state index is -0.765. The number of piperidine rings is 1. The summed E-state index contributed by atoms with van der Waals surface area (Å²) in [5.74, 6) is 0.737. The van der Waals surface area contributed by atoms with Gasteiger partial charge in [0, 0.05) is 19.1 Å². The van der Waals surface area contributed by atoms with Crippen LogP contribution in [0, 0.1) is 5.92 Å². The Morgan fingerprint density at radius 3 is 2.77 bits per heavy atom. The first-order chi connectivity index (χ1) is 6.18. The fraction of sp³-hybridized carbons (Fsp3) is 0.889. The molecule has 0 aromatic carbocycles. The van der Waals surface area contributed by atoms with Crippen LogP contribution >= 0.6 is 0 Å². The van der Waals surface area contributed by atoms with Crippen molar-refractivity contribution in [2.45, 2.75) is 18.9 Å². The summed E-state index contributed by atoms with van der Waals surface area (Å²) in [4.78, 5) is 14.6. The van der Waals surface area contributed by atoms with Crippen LogP contribution in [0.2, 0.25) is 0 Å². The van der Waals surface area contributed by atoms with E-state index in [4.69, 9.17) is 5.11 Å². The van der Waals surface area contributed by atoms with Crippen LogP contribution in [0.4, 0.5) is 4.79 Å². The van der Waals surface area contributed by atoms with Gasteiger partial charge in [0.1, 0.15) is 0 Å². The van der Waals surface area contributed by atoms with Crippen molar-refractivity contribution in [3.8, 4) is 0 Å². The van der Waals surface area contributed by atoms with Crippen molar-refractivity contribution in [3.63, 3.8) is 0 Å². The molecule has 0 saturated carbocycles. The summed E-state index contributed by atoms with van der Waals surface area (Å²) in [7, 11) is 2.09. The van der Waals surface area contributed by atoms with E-state index in [1.807, 2.05) is 0 Å². The lowest BCUT2D eigenvalue weighted by molar-refractivity contribution is 0.0973. The molecule has 4 heteroatoms. The summed E-state index contributed by atoms with van der Waals surface area (Å²) in [6.07, 6.45) is 1.52. The highest BCUT2D eigenvalue weighted by Gasteiger charge is 2.37. The second-order valence-electron chi connectivity index (χ2n) is 4.11. The van der Waals surface area contributed by atoms with Gasteiger partial charge in [0.25, 0.3) is 0 Å². The van der Waals surface area contributed by atoms with E-state index in [0.717, 1.165) is 25.4 Å². The van der Waals surface area contributed by atoms with Crippen LogP contribution in [0.25, 0.3) is 0 Å². The average molecular weight is 184 g/mol. The lowest BCUT2D eigenvalue weighted by Crippen LogP contribution is -2.48. The van der Waals surface area contributed by atoms with Crippen molar-refractivity contribution in [2.24, 2.45) is 5.92 Å². The van der Waals surface area contributed by atoms with E-state index < -0.39 is 6.09 Å². The van der Waals surface area contributed by atoms with Crippen molar-refractivity contribution in [1.82, 2.24) is 9.80 Å². The van der Waals surface area contributed by atoms with E-state index >= 15 is 0 Å². The number of fused-ring (bicyclic) bond motifs is 1. The molecule has 74 valence electrons. The van der Waals surface area contributed by atoms with Gasteiger partial charge in [-0.25, -0.2) is 4.79 Å². The van der Waals surface area contributed by atoms with Gasteiger partial charge < -0.3 is 14.9 Å². The number of carbonyl (C=O) groups is 1. The Morgan fingerprint density at radius 2 is 2.08 bits per heavy atom. The number of hydrogen-bond acceptors (Lipinski definition) is 2. The minimum Gasteiger partial charge on any atom is -0.465 e. The number of rotatable bonds is 0. The van der Waals surface area contributed by atoms with Crippen molar-refractivity contribution in [1.29, 1.82) is 0 Å². The lowest BCUT2D eigenvalue weighted by Gasteiger charge is -2.35. The first-order valence-electron chi connectivity index (χ1n) is 4.86. The molecule has 2 atom stereocenters. The van der Waals surface area contributed by atoms with Gasteiger partial charge >= 0.3 is 6.09 Å². The van der Waals surface area contributed by atoms with Crippen LogP contribution in [0.3, 0.4) is 0 Å². The molecule has 0 radical (unpaired) electrons. The Labute approximate surface area is 78.1 Å². The van der Waals surface area contributed by atoms with Crippen LogP contribution in [0.15, 0.2) is 0 Å². The molecule has 1 amide bonds. The molecule has 13 heavy (non-hydrogen) atoms. The quantitative estimate of drug-likeness (QED) is 0.602. The summed E-state index contributed by atoms with van der Waals surface area (Å²) < 4.78 is 0. The van der Waals surface area contributed by atoms with Crippen molar-refractivity contribution in [2.75, 3.05) is 26.7 Å². The number of likely N-dealkylation sites (tertiary alicyclic amines) is 2. The molecule has 2 rings (SSSR count). The van der Waals surface area contributed by atoms with Gasteiger partial charge in [-0.05, 0) is 32.4 Å². The molecule has 4 nitrogen and oxygen atoms in total. The maximum atomic E-state index is 10.8. The molecular weight excluding hydrogens is 168 g/mol. The molecule has 1 N–H and O–H groups in total. The summed E-state index contributed by atoms with van der Waals surface area (Å²) in [6.45, 7) is 2.56. The second-order valence-corrected chi connectivity index (χ2v) is 4.11. The van der Waals surface area contributed by atoms with Gasteiger partial charge in [0.05, 0.1) is 0 Å². The molecular formula is C9H16N2O2. The zero-order chi connectivity index (χ0) is 9.42. The predicted octanol–water partition coefficient (Wildman–Crippen LogP) is 0.690. The molecule has 0 unspecified atom stereocenters. The Balaban J connectivity index is 2.01. The molecule has 0 spiro atoms. The van der Waals surface area contributed by atoms with E-state index in [1.165, 1.54) is 6.42 Å². The number of nitrogens with zero attached hydrogens (tertiary/aromatic N) is 2. The normalized spacial score (nSPS) is 34.7. The zero-order valence-corrected chi connectivity index (χ0v) is 7.94. The van der Waals surface area contributed by atoms with Gasteiger partial charge in [0.2, 0.25) is 0 Å². The maximum Gasteiger partial charge on any atom is 0.407 e. The zero-order valence-electron chi connectivity index (χ0n) is 7.94. The van der Waals surface area contributed by atoms with Crippen LogP contribution in [0.5, 0.6) is 0 Å². The van der Waals surface area contributed by atoms with Crippen molar-refractivity contribution < 1.29 is 9.90 Å². The van der Waals surface area contributed by atoms with Gasteiger partial charge in [0.15, 0.2) is 0 Å². The fourth-order valence-electron chi connectivity index (χ4n) is 2.53. The average Bonchev–Trinajstić information content (AvgIpc) is 2.47. The lowest BCUT2D eigenvalue weighted by atomic mass is 9.92. The van der Waals surface area contributed by atoms with Gasteiger partial charge in [-0.2, -0.15) is 0 Å². The summed E-state index contributed by atoms with van der Waals surface area (Å²) in [6, 6.07) is 0.477. The fourth-order valence-corrected chi connectivity index (χ4v) is 2.53. The third-order valence-electron chi connectivity index (χ3n) is 3.41. The number of likely N-dealkylation sites (N-methyl/N-ethyl adjacent to an activating group) is 1. The topological polar surface area (TPSA) is 43.8 Å². The molecule has 0 aliphatic carbocycles. The first-order valence-corrected chi connectivity index (χ1v) is 4.86. The van der Waals surface area contributed by atoms with Crippen LogP contribution in [0.1, 0.15) is 12.8 Å². The monoisotopic (exact) mass is 184 g/mol. The third-order valence-corrected chi connectivity index (χ3v) is 3.41. The van der Waals surface area contributed by atoms with Gasteiger partial charge in [-0.15, -0.1) is 0 Å². The van der Waals surface area contributed by atoms with Crippen LogP contribution in [-0.2, 0) is 0 Å². The smallest absolute Gasteiger partial charge is 0.407 e. The van der Waals surface area contributed by atoms with Crippen LogP contribution < -0.4 is 0 Å². The Morgan fingerprint density at radius 1 is 1.38 bits per heavy atom. The molecule has 2 heterocycles. The van der Waals surface area contributed by atoms with Crippen LogP contribution in [-0.4, -0.2) is 53.7 Å². The minimum absolute atomic E-state index is 0.477. The predicted molar refractivity (Wildman–Crippen MR) is 48.7 cm³/mol. The summed E-state index contributed by atoms with van der Waals surface area (Å²) in [5.41, 5.74) is 0. The van der Waals surface area contributed by atoms with Crippen molar-refractivity contribution >= 4 is 6.09 Å². The molecule has 2 saturated heterocycles. The molecule has 2 aliphatic heterocycles. The molecule has 0 aromatic rings. The third kappa shape index (κ3) is 1.50. The van der Waals surface area contributed by atoms with Crippen molar-refractivity contribution in [3.05, 3.63) is 0 Å². The molecule has 2 aliphatic rings. The number of carboxylic acid groups (broad SMARTS) is 1. The number of amides is 1. The largest absolute Gasteiger partial charge is 0.465 e. The second kappa shape index (κ2) is 3.18. The maximum absolute atomic E-state index is 10.8. The van der Waals surface area contributed by atoms with E-state index in [2.05, 4.69) is 11.9 Å². The Kier molecular flexibility index (Phi) is 2.15. The summed E-state index contributed by atoms with van der Waals surface area (Å²) in [5, 5.41) is 8.85. The Bertz CT molecular complexity index is 220. The number of hydrogen-bond donors (Lipinski definition) is 1.